The minimum absolute atomic E-state index is 0.0170. The number of amides is 1. The molecule has 2 N–H and O–H groups in total. The number of aliphatic carboxylic acids is 1. The van der Waals surface area contributed by atoms with E-state index in [4.69, 9.17) is 11.6 Å². The second-order valence-electron chi connectivity index (χ2n) is 5.39. The number of carboxylic acid groups (broad SMARTS) is 1. The summed E-state index contributed by atoms with van der Waals surface area (Å²) in [5.41, 5.74) is -0.0170. The molecular weight excluding hydrogens is 297 g/mol. The molecule has 0 aromatic heterocycles. The van der Waals surface area contributed by atoms with Crippen molar-refractivity contribution in [3.05, 3.63) is 29.0 Å². The number of carbonyl (C=O) groups is 2. The average Bonchev–Trinajstić information content (AvgIpc) is 2.88. The molecule has 4 nitrogen and oxygen atoms in total. The topological polar surface area (TPSA) is 66.4 Å². The van der Waals surface area contributed by atoms with Gasteiger partial charge in [0.1, 0.15) is 0 Å². The van der Waals surface area contributed by atoms with Crippen LogP contribution in [-0.2, 0) is 9.59 Å². The number of rotatable bonds is 4. The molecule has 1 aromatic carbocycles. The van der Waals surface area contributed by atoms with Crippen LogP contribution in [0.15, 0.2) is 18.2 Å². The fourth-order valence-corrected chi connectivity index (χ4v) is 3.04. The second kappa shape index (κ2) is 6.43. The van der Waals surface area contributed by atoms with Gasteiger partial charge in [-0.3, -0.25) is 9.59 Å². The number of carbonyl (C=O) groups excluding carboxylic acids is 1. The van der Waals surface area contributed by atoms with E-state index >= 15 is 0 Å². The van der Waals surface area contributed by atoms with Gasteiger partial charge < -0.3 is 10.4 Å². The lowest BCUT2D eigenvalue weighted by molar-refractivity contribution is -0.145. The number of carboxylic acids is 1. The summed E-state index contributed by atoms with van der Waals surface area (Å²) in [6.45, 7) is 1.97. The normalized spacial score (nSPS) is 24.8. The fourth-order valence-electron chi connectivity index (χ4n) is 2.86. The third kappa shape index (κ3) is 3.35. The molecule has 1 unspecified atom stereocenters. The Kier molecular flexibility index (Phi) is 4.83. The quantitative estimate of drug-likeness (QED) is 0.893. The third-order valence-corrected chi connectivity index (χ3v) is 4.39. The average molecular weight is 314 g/mol. The molecule has 0 spiro atoms. The molecule has 1 aliphatic rings. The Bertz CT molecular complexity index is 564. The first-order chi connectivity index (χ1) is 9.93. The van der Waals surface area contributed by atoms with E-state index in [2.05, 4.69) is 5.32 Å². The molecule has 114 valence electrons. The standard InChI is InChI=1S/C15H17ClFNO3/c1-2-8-6-9(10(7-8)15(20)21)14(19)18-12-5-3-4-11(16)13(12)17/h3-5,8-10H,2,6-7H2,1H3,(H,18,19)(H,20,21)/t8?,9-,10+/m0/s1. The maximum atomic E-state index is 13.8. The first-order valence-electron chi connectivity index (χ1n) is 6.91. The molecule has 1 aromatic rings. The van der Waals surface area contributed by atoms with E-state index in [0.29, 0.717) is 12.8 Å². The summed E-state index contributed by atoms with van der Waals surface area (Å²) in [4.78, 5) is 23.5. The van der Waals surface area contributed by atoms with E-state index in [-0.39, 0.29) is 16.6 Å². The van der Waals surface area contributed by atoms with Gasteiger partial charge in [-0.15, -0.1) is 0 Å². The molecule has 3 atom stereocenters. The van der Waals surface area contributed by atoms with Gasteiger partial charge in [0.2, 0.25) is 5.91 Å². The predicted molar refractivity (Wildman–Crippen MR) is 77.7 cm³/mol. The number of nitrogens with one attached hydrogen (secondary N) is 1. The van der Waals surface area contributed by atoms with Crippen molar-refractivity contribution < 1.29 is 19.1 Å². The monoisotopic (exact) mass is 313 g/mol. The molecule has 1 saturated carbocycles. The number of halogens is 2. The molecule has 0 aliphatic heterocycles. The van der Waals surface area contributed by atoms with Gasteiger partial charge in [0, 0.05) is 0 Å². The SMILES string of the molecule is CCC1C[C@H](C(=O)Nc2cccc(Cl)c2F)[C@H](C(=O)O)C1. The molecule has 21 heavy (non-hydrogen) atoms. The highest BCUT2D eigenvalue weighted by Crippen LogP contribution is 2.39. The summed E-state index contributed by atoms with van der Waals surface area (Å²) in [6, 6.07) is 4.32. The smallest absolute Gasteiger partial charge is 0.307 e. The Hall–Kier alpha value is -1.62. The van der Waals surface area contributed by atoms with Crippen molar-refractivity contribution >= 4 is 29.2 Å². The molecule has 0 saturated heterocycles. The number of benzene rings is 1. The highest BCUT2D eigenvalue weighted by atomic mass is 35.5. The number of anilines is 1. The molecule has 1 aliphatic carbocycles. The molecule has 2 rings (SSSR count). The molecule has 0 heterocycles. The van der Waals surface area contributed by atoms with E-state index < -0.39 is 29.5 Å². The van der Waals surface area contributed by atoms with Gasteiger partial charge in [-0.05, 0) is 30.9 Å². The van der Waals surface area contributed by atoms with E-state index in [1.54, 1.807) is 0 Å². The first-order valence-corrected chi connectivity index (χ1v) is 7.29. The van der Waals surface area contributed by atoms with Gasteiger partial charge >= 0.3 is 5.97 Å². The van der Waals surface area contributed by atoms with Crippen LogP contribution in [0.4, 0.5) is 10.1 Å². The van der Waals surface area contributed by atoms with Crippen LogP contribution in [0, 0.1) is 23.6 Å². The van der Waals surface area contributed by atoms with E-state index in [0.717, 1.165) is 6.42 Å². The summed E-state index contributed by atoms with van der Waals surface area (Å²) >= 11 is 5.66. The zero-order valence-corrected chi connectivity index (χ0v) is 12.4. The van der Waals surface area contributed by atoms with Gasteiger partial charge in [0.25, 0.3) is 0 Å². The molecule has 0 radical (unpaired) electrons. The molecule has 0 bridgehead atoms. The maximum absolute atomic E-state index is 13.8. The van der Waals surface area contributed by atoms with Crippen LogP contribution in [0.3, 0.4) is 0 Å². The van der Waals surface area contributed by atoms with Crippen molar-refractivity contribution in [2.24, 2.45) is 17.8 Å². The lowest BCUT2D eigenvalue weighted by Crippen LogP contribution is -2.30. The minimum Gasteiger partial charge on any atom is -0.481 e. The summed E-state index contributed by atoms with van der Waals surface area (Å²) < 4.78 is 13.8. The van der Waals surface area contributed by atoms with Gasteiger partial charge in [0.05, 0.1) is 22.5 Å². The Balaban J connectivity index is 2.15. The molecule has 1 fully saturated rings. The Morgan fingerprint density at radius 2 is 2.05 bits per heavy atom. The second-order valence-corrected chi connectivity index (χ2v) is 5.79. The molecule has 1 amide bonds. The van der Waals surface area contributed by atoms with E-state index in [1.165, 1.54) is 18.2 Å². The van der Waals surface area contributed by atoms with Crippen LogP contribution < -0.4 is 5.32 Å². The Morgan fingerprint density at radius 3 is 2.67 bits per heavy atom. The molecular formula is C15H17ClFNO3. The van der Waals surface area contributed by atoms with Crippen LogP contribution in [-0.4, -0.2) is 17.0 Å². The van der Waals surface area contributed by atoms with Gasteiger partial charge in [-0.1, -0.05) is 31.0 Å². The zero-order chi connectivity index (χ0) is 15.6. The van der Waals surface area contributed by atoms with Gasteiger partial charge in [-0.25, -0.2) is 4.39 Å². The summed E-state index contributed by atoms with van der Waals surface area (Å²) in [6.07, 6.45) is 1.84. The first kappa shape index (κ1) is 15.8. The fraction of sp³-hybridized carbons (Fsp3) is 0.467. The highest BCUT2D eigenvalue weighted by molar-refractivity contribution is 6.31. The van der Waals surface area contributed by atoms with Crippen molar-refractivity contribution in [2.45, 2.75) is 26.2 Å². The van der Waals surface area contributed by atoms with Crippen LogP contribution in [0.2, 0.25) is 5.02 Å². The van der Waals surface area contributed by atoms with Crippen molar-refractivity contribution in [3.63, 3.8) is 0 Å². The van der Waals surface area contributed by atoms with Crippen molar-refractivity contribution in [1.82, 2.24) is 0 Å². The number of hydrogen-bond donors (Lipinski definition) is 2. The number of hydrogen-bond acceptors (Lipinski definition) is 2. The van der Waals surface area contributed by atoms with Crippen LogP contribution in [0.25, 0.3) is 0 Å². The maximum Gasteiger partial charge on any atom is 0.307 e. The Morgan fingerprint density at radius 1 is 1.38 bits per heavy atom. The lowest BCUT2D eigenvalue weighted by atomic mass is 9.95. The lowest BCUT2D eigenvalue weighted by Gasteiger charge is -2.16. The third-order valence-electron chi connectivity index (χ3n) is 4.10. The predicted octanol–water partition coefficient (Wildman–Crippen LogP) is 3.55. The summed E-state index contributed by atoms with van der Waals surface area (Å²) in [7, 11) is 0. The largest absolute Gasteiger partial charge is 0.481 e. The van der Waals surface area contributed by atoms with Crippen molar-refractivity contribution in [2.75, 3.05) is 5.32 Å². The zero-order valence-electron chi connectivity index (χ0n) is 11.6. The molecule has 6 heteroatoms. The Labute approximate surface area is 127 Å². The van der Waals surface area contributed by atoms with Crippen LogP contribution in [0.1, 0.15) is 26.2 Å². The van der Waals surface area contributed by atoms with Crippen molar-refractivity contribution in [1.29, 1.82) is 0 Å². The van der Waals surface area contributed by atoms with Crippen molar-refractivity contribution in [3.8, 4) is 0 Å². The summed E-state index contributed by atoms with van der Waals surface area (Å²) in [5.74, 6) is -3.27. The highest BCUT2D eigenvalue weighted by Gasteiger charge is 2.42. The summed E-state index contributed by atoms with van der Waals surface area (Å²) in [5, 5.41) is 11.6. The van der Waals surface area contributed by atoms with Gasteiger partial charge in [0.15, 0.2) is 5.82 Å². The van der Waals surface area contributed by atoms with E-state index in [9.17, 15) is 19.1 Å². The van der Waals surface area contributed by atoms with Gasteiger partial charge in [-0.2, -0.15) is 0 Å². The minimum atomic E-state index is -0.974. The van der Waals surface area contributed by atoms with Crippen LogP contribution >= 0.6 is 11.6 Å². The van der Waals surface area contributed by atoms with E-state index in [1.807, 2.05) is 6.92 Å². The van der Waals surface area contributed by atoms with Crippen LogP contribution in [0.5, 0.6) is 0 Å².